The summed E-state index contributed by atoms with van der Waals surface area (Å²) in [7, 11) is 0. The molecule has 36 heavy (non-hydrogen) atoms. The fourth-order valence-corrected chi connectivity index (χ4v) is 5.30. The molecule has 0 aliphatic carbocycles. The van der Waals surface area contributed by atoms with Crippen molar-refractivity contribution in [3.05, 3.63) is 60.4 Å². The monoisotopic (exact) mass is 490 g/mol. The predicted molar refractivity (Wildman–Crippen MR) is 137 cm³/mol. The molecule has 2 aliphatic rings. The van der Waals surface area contributed by atoms with Gasteiger partial charge in [0.15, 0.2) is 5.60 Å². The number of nitrogens with zero attached hydrogens (tertiary/aromatic N) is 4. The summed E-state index contributed by atoms with van der Waals surface area (Å²) in [6, 6.07) is 15.9. The van der Waals surface area contributed by atoms with Gasteiger partial charge in [0.2, 0.25) is 5.91 Å². The fourth-order valence-electron chi connectivity index (χ4n) is 5.30. The van der Waals surface area contributed by atoms with Gasteiger partial charge in [-0.3, -0.25) is 9.59 Å². The van der Waals surface area contributed by atoms with Crippen LogP contribution in [0.15, 0.2) is 54.9 Å². The lowest BCUT2D eigenvalue weighted by molar-refractivity contribution is -0.176. The van der Waals surface area contributed by atoms with Crippen LogP contribution < -0.4 is 4.74 Å². The number of carbonyl (C=O) groups excluding carboxylic acids is 2. The van der Waals surface area contributed by atoms with Gasteiger partial charge in [0.1, 0.15) is 18.9 Å². The third-order valence-electron chi connectivity index (χ3n) is 7.30. The van der Waals surface area contributed by atoms with Crippen molar-refractivity contribution in [2.75, 3.05) is 39.4 Å². The van der Waals surface area contributed by atoms with Crippen LogP contribution >= 0.6 is 0 Å². The van der Waals surface area contributed by atoms with Gasteiger partial charge in [0, 0.05) is 13.1 Å². The minimum absolute atomic E-state index is 0.0277. The molecule has 1 aromatic heterocycles. The van der Waals surface area contributed by atoms with Crippen LogP contribution in [-0.4, -0.2) is 76.2 Å². The largest absolute Gasteiger partial charge is 0.491 e. The van der Waals surface area contributed by atoms with Crippen molar-refractivity contribution in [1.82, 2.24) is 19.4 Å². The van der Waals surface area contributed by atoms with Crippen LogP contribution in [0.25, 0.3) is 11.0 Å². The average Bonchev–Trinajstić information content (AvgIpc) is 3.31. The van der Waals surface area contributed by atoms with Gasteiger partial charge in [-0.15, -0.1) is 0 Å². The smallest absolute Gasteiger partial charge is 0.256 e. The first kappa shape index (κ1) is 24.3. The van der Waals surface area contributed by atoms with E-state index in [2.05, 4.69) is 11.1 Å². The molecular weight excluding hydrogens is 456 g/mol. The first-order valence-electron chi connectivity index (χ1n) is 12.9. The normalized spacial score (nSPS) is 21.5. The number of fused-ring (bicyclic) bond motifs is 2. The van der Waals surface area contributed by atoms with Crippen molar-refractivity contribution in [2.45, 2.75) is 44.8 Å². The van der Waals surface area contributed by atoms with Gasteiger partial charge >= 0.3 is 0 Å². The number of benzene rings is 2. The van der Waals surface area contributed by atoms with E-state index in [1.807, 2.05) is 58.9 Å². The van der Waals surface area contributed by atoms with Crippen molar-refractivity contribution >= 4 is 22.8 Å². The first-order chi connectivity index (χ1) is 17.6. The molecule has 1 fully saturated rings. The molecule has 3 heterocycles. The van der Waals surface area contributed by atoms with E-state index in [1.54, 1.807) is 11.2 Å². The Morgan fingerprint density at radius 3 is 2.78 bits per heavy atom. The molecule has 3 aromatic rings. The first-order valence-corrected chi connectivity index (χ1v) is 12.9. The maximum atomic E-state index is 13.9. The van der Waals surface area contributed by atoms with E-state index in [0.717, 1.165) is 36.0 Å². The highest BCUT2D eigenvalue weighted by Crippen LogP contribution is 2.30. The Bertz CT molecular complexity index is 1220. The number of hydrogen-bond donors (Lipinski definition) is 0. The van der Waals surface area contributed by atoms with Crippen molar-refractivity contribution in [1.29, 1.82) is 0 Å². The van der Waals surface area contributed by atoms with E-state index in [9.17, 15) is 9.59 Å². The number of aryl methyl sites for hydroxylation is 1. The van der Waals surface area contributed by atoms with Crippen LogP contribution in [-0.2, 0) is 27.3 Å². The standard InChI is InChI=1S/C28H34N4O4/c1-2-30-15-17-35-25-13-6-3-9-22(25)10-7-8-14-28(27(30)34)20-31(16-18-36-28)26(33)19-32-21-29-23-11-4-5-12-24(23)32/h3-6,9,11-13,21H,2,7-8,10,14-20H2,1H3. The zero-order valence-electron chi connectivity index (χ0n) is 20.9. The third kappa shape index (κ3) is 4.95. The molecule has 2 aliphatic heterocycles. The van der Waals surface area contributed by atoms with E-state index < -0.39 is 5.60 Å². The maximum Gasteiger partial charge on any atom is 0.256 e. The number of ether oxygens (including phenoxy) is 2. The van der Waals surface area contributed by atoms with E-state index in [1.165, 1.54) is 5.56 Å². The molecule has 0 radical (unpaired) electrons. The van der Waals surface area contributed by atoms with Crippen molar-refractivity contribution in [2.24, 2.45) is 0 Å². The summed E-state index contributed by atoms with van der Waals surface area (Å²) in [6.07, 6.45) is 4.92. The summed E-state index contributed by atoms with van der Waals surface area (Å²) >= 11 is 0. The second kappa shape index (κ2) is 10.7. The molecule has 0 bridgehead atoms. The summed E-state index contributed by atoms with van der Waals surface area (Å²) < 4.78 is 14.2. The predicted octanol–water partition coefficient (Wildman–Crippen LogP) is 3.29. The molecule has 8 heteroatoms. The summed E-state index contributed by atoms with van der Waals surface area (Å²) in [4.78, 5) is 35.3. The van der Waals surface area contributed by atoms with Gasteiger partial charge in [0.05, 0.1) is 37.1 Å². The van der Waals surface area contributed by atoms with E-state index >= 15 is 0 Å². The highest BCUT2D eigenvalue weighted by molar-refractivity contribution is 5.87. The van der Waals surface area contributed by atoms with Crippen LogP contribution in [0.2, 0.25) is 0 Å². The molecule has 2 aromatic carbocycles. The van der Waals surface area contributed by atoms with E-state index in [-0.39, 0.29) is 24.9 Å². The number of hydrogen-bond acceptors (Lipinski definition) is 5. The van der Waals surface area contributed by atoms with Crippen LogP contribution in [0.3, 0.4) is 0 Å². The lowest BCUT2D eigenvalue weighted by atomic mass is 9.91. The zero-order chi connectivity index (χ0) is 25.0. The molecule has 1 spiro atoms. The molecule has 0 N–H and O–H groups in total. The minimum atomic E-state index is -1.03. The Morgan fingerprint density at radius 1 is 1.06 bits per heavy atom. The van der Waals surface area contributed by atoms with Gasteiger partial charge in [-0.05, 0) is 56.4 Å². The van der Waals surface area contributed by atoms with Gasteiger partial charge in [-0.2, -0.15) is 0 Å². The number of para-hydroxylation sites is 3. The summed E-state index contributed by atoms with van der Waals surface area (Å²) in [5, 5.41) is 0. The number of imidazole rings is 1. The molecule has 2 amide bonds. The van der Waals surface area contributed by atoms with Crippen LogP contribution in [0.5, 0.6) is 5.75 Å². The van der Waals surface area contributed by atoms with Crippen molar-refractivity contribution in [3.63, 3.8) is 0 Å². The number of likely N-dealkylation sites (N-methyl/N-ethyl adjacent to an activating group) is 1. The molecule has 1 saturated heterocycles. The van der Waals surface area contributed by atoms with Crippen molar-refractivity contribution < 1.29 is 19.1 Å². The summed E-state index contributed by atoms with van der Waals surface area (Å²) in [5.41, 5.74) is 1.95. The highest BCUT2D eigenvalue weighted by Gasteiger charge is 2.46. The minimum Gasteiger partial charge on any atom is -0.491 e. The fraction of sp³-hybridized carbons (Fsp3) is 0.464. The Morgan fingerprint density at radius 2 is 1.89 bits per heavy atom. The van der Waals surface area contributed by atoms with Gasteiger partial charge in [-0.1, -0.05) is 30.3 Å². The molecule has 1 unspecified atom stereocenters. The molecule has 0 saturated carbocycles. The number of amides is 2. The van der Waals surface area contributed by atoms with Gasteiger partial charge < -0.3 is 23.8 Å². The van der Waals surface area contributed by atoms with E-state index in [0.29, 0.717) is 39.3 Å². The van der Waals surface area contributed by atoms with Crippen LogP contribution in [0.1, 0.15) is 31.7 Å². The average molecular weight is 491 g/mol. The Hall–Kier alpha value is -3.39. The second-order valence-electron chi connectivity index (χ2n) is 9.57. The molecule has 190 valence electrons. The summed E-state index contributed by atoms with van der Waals surface area (Å²) in [5.74, 6) is 0.821. The second-order valence-corrected chi connectivity index (χ2v) is 9.57. The van der Waals surface area contributed by atoms with Gasteiger partial charge in [0.25, 0.3) is 5.91 Å². The number of carbonyl (C=O) groups is 2. The lowest BCUT2D eigenvalue weighted by Crippen LogP contribution is -2.62. The maximum absolute atomic E-state index is 13.9. The third-order valence-corrected chi connectivity index (χ3v) is 7.30. The number of morpholine rings is 1. The van der Waals surface area contributed by atoms with Crippen molar-refractivity contribution in [3.8, 4) is 5.75 Å². The highest BCUT2D eigenvalue weighted by atomic mass is 16.5. The number of aromatic nitrogens is 2. The SMILES string of the molecule is CCN1CCOc2ccccc2CCCCC2(CN(C(=O)Cn3cnc4ccccc43)CCO2)C1=O. The molecule has 5 rings (SSSR count). The Labute approximate surface area is 211 Å². The van der Waals surface area contributed by atoms with E-state index in [4.69, 9.17) is 9.47 Å². The quantitative estimate of drug-likeness (QED) is 0.563. The topological polar surface area (TPSA) is 76.9 Å². The summed E-state index contributed by atoms with van der Waals surface area (Å²) in [6.45, 7) is 4.71. The molecule has 8 nitrogen and oxygen atoms in total. The molecule has 1 atom stereocenters. The van der Waals surface area contributed by atoms with Crippen LogP contribution in [0.4, 0.5) is 0 Å². The lowest BCUT2D eigenvalue weighted by Gasteiger charge is -2.44. The zero-order valence-corrected chi connectivity index (χ0v) is 20.9. The Balaban J connectivity index is 1.34. The molecular formula is C28H34N4O4. The van der Waals surface area contributed by atoms with Gasteiger partial charge in [-0.25, -0.2) is 4.98 Å². The number of rotatable bonds is 3. The Kier molecular flexibility index (Phi) is 7.23. The van der Waals surface area contributed by atoms with Crippen LogP contribution in [0, 0.1) is 0 Å².